The maximum absolute atomic E-state index is 8.74. The largest absolute Gasteiger partial charge is 0.497 e. The van der Waals surface area contributed by atoms with E-state index in [0.29, 0.717) is 11.9 Å². The van der Waals surface area contributed by atoms with E-state index in [1.165, 1.54) is 0 Å². The molecule has 4 rings (SSSR count). The molecule has 33 heavy (non-hydrogen) atoms. The summed E-state index contributed by atoms with van der Waals surface area (Å²) in [5.41, 5.74) is 14.9. The predicted molar refractivity (Wildman–Crippen MR) is 124 cm³/mol. The minimum atomic E-state index is -4.67. The van der Waals surface area contributed by atoms with Crippen LogP contribution in [0.5, 0.6) is 11.5 Å². The van der Waals surface area contributed by atoms with E-state index in [-0.39, 0.29) is 0 Å². The molecule has 0 spiro atoms. The Kier molecular flexibility index (Phi) is 8.80. The predicted octanol–water partition coefficient (Wildman–Crippen LogP) is 2.68. The molecule has 0 atom stereocenters. The van der Waals surface area contributed by atoms with Gasteiger partial charge in [0.2, 0.25) is 0 Å². The van der Waals surface area contributed by atoms with E-state index in [4.69, 9.17) is 38.5 Å². The van der Waals surface area contributed by atoms with Gasteiger partial charge in [-0.2, -0.15) is 8.42 Å². The molecule has 2 aromatic carbocycles. The van der Waals surface area contributed by atoms with Crippen LogP contribution in [0.2, 0.25) is 0 Å². The number of hydrogen-bond acceptors (Lipinski definition) is 8. The Labute approximate surface area is 190 Å². The molecule has 0 unspecified atom stereocenters. The topological polar surface area (TPSA) is 202 Å². The van der Waals surface area contributed by atoms with E-state index in [0.717, 1.165) is 34.0 Å². The summed E-state index contributed by atoms with van der Waals surface area (Å²) < 4.78 is 41.7. The summed E-state index contributed by atoms with van der Waals surface area (Å²) in [4.78, 5) is 13.8. The molecular formula is C20H24N6O6S. The van der Waals surface area contributed by atoms with Crippen molar-refractivity contribution in [2.24, 2.45) is 0 Å². The van der Waals surface area contributed by atoms with Crippen LogP contribution in [0.1, 0.15) is 0 Å². The number of imidazole rings is 2. The molecule has 2 aromatic heterocycles. The number of hydrogen-bond donors (Lipinski definition) is 6. The smallest absolute Gasteiger partial charge is 0.394 e. The Morgan fingerprint density at radius 3 is 1.24 bits per heavy atom. The molecule has 8 N–H and O–H groups in total. The maximum atomic E-state index is 8.74. The molecule has 2 heterocycles. The van der Waals surface area contributed by atoms with Gasteiger partial charge in [-0.3, -0.25) is 9.11 Å². The molecule has 4 aromatic rings. The van der Waals surface area contributed by atoms with Crippen molar-refractivity contribution in [3.63, 3.8) is 0 Å². The quantitative estimate of drug-likeness (QED) is 0.238. The van der Waals surface area contributed by atoms with E-state index >= 15 is 0 Å². The van der Waals surface area contributed by atoms with Gasteiger partial charge < -0.3 is 30.9 Å². The van der Waals surface area contributed by atoms with Gasteiger partial charge in [0.1, 0.15) is 11.5 Å². The minimum Gasteiger partial charge on any atom is -0.497 e. The molecule has 0 radical (unpaired) electrons. The lowest BCUT2D eigenvalue weighted by Crippen LogP contribution is -1.89. The second-order valence-electron chi connectivity index (χ2n) is 6.27. The van der Waals surface area contributed by atoms with E-state index in [2.05, 4.69) is 19.9 Å². The van der Waals surface area contributed by atoms with Crippen LogP contribution in [-0.2, 0) is 10.4 Å². The first-order chi connectivity index (χ1) is 15.6. The van der Waals surface area contributed by atoms with Crippen molar-refractivity contribution in [2.75, 3.05) is 25.7 Å². The normalized spacial score (nSPS) is 10.3. The zero-order valence-corrected chi connectivity index (χ0v) is 18.6. The maximum Gasteiger partial charge on any atom is 0.394 e. The summed E-state index contributed by atoms with van der Waals surface area (Å²) in [6.45, 7) is 0. The lowest BCUT2D eigenvalue weighted by molar-refractivity contribution is 0.381. The number of rotatable bonds is 4. The molecule has 13 heteroatoms. The fourth-order valence-corrected chi connectivity index (χ4v) is 2.51. The summed E-state index contributed by atoms with van der Waals surface area (Å²) in [5.74, 6) is 2.52. The number of nitrogen functional groups attached to an aromatic ring is 2. The average Bonchev–Trinajstić information content (AvgIpc) is 3.41. The van der Waals surface area contributed by atoms with Crippen LogP contribution in [0.25, 0.3) is 22.5 Å². The molecule has 12 nitrogen and oxygen atoms in total. The molecule has 176 valence electrons. The summed E-state index contributed by atoms with van der Waals surface area (Å²) >= 11 is 0. The molecule has 0 amide bonds. The Hall–Kier alpha value is -4.07. The second-order valence-corrected chi connectivity index (χ2v) is 7.16. The third kappa shape index (κ3) is 8.90. The lowest BCUT2D eigenvalue weighted by atomic mass is 10.2. The van der Waals surface area contributed by atoms with Gasteiger partial charge in [-0.1, -0.05) is 0 Å². The SMILES string of the molecule is COc1ccc(-c2cnc(N)[nH]2)cc1.COc1ccc(-c2cnc(N)[nH]2)cc1.O=S(=O)(O)O. The minimum absolute atomic E-state index is 0.427. The second kappa shape index (κ2) is 11.5. The number of nitrogens with zero attached hydrogens (tertiary/aromatic N) is 2. The Morgan fingerprint density at radius 1 is 0.727 bits per heavy atom. The number of nitrogens with two attached hydrogens (primary N) is 2. The van der Waals surface area contributed by atoms with Crippen molar-refractivity contribution < 1.29 is 27.0 Å². The summed E-state index contributed by atoms with van der Waals surface area (Å²) in [6, 6.07) is 15.4. The van der Waals surface area contributed by atoms with Crippen LogP contribution in [0.4, 0.5) is 11.9 Å². The van der Waals surface area contributed by atoms with Gasteiger partial charge in [0, 0.05) is 0 Å². The molecular weight excluding hydrogens is 452 g/mol. The molecule has 0 saturated carbocycles. The van der Waals surface area contributed by atoms with Gasteiger partial charge in [-0.05, 0) is 59.7 Å². The van der Waals surface area contributed by atoms with Crippen molar-refractivity contribution >= 4 is 22.3 Å². The molecule has 0 bridgehead atoms. The van der Waals surface area contributed by atoms with Crippen molar-refractivity contribution in [3.8, 4) is 34.0 Å². The van der Waals surface area contributed by atoms with Gasteiger partial charge in [0.15, 0.2) is 11.9 Å². The van der Waals surface area contributed by atoms with Crippen LogP contribution in [0.3, 0.4) is 0 Å². The van der Waals surface area contributed by atoms with Crippen LogP contribution in [0.15, 0.2) is 60.9 Å². The number of H-pyrrole nitrogens is 2. The van der Waals surface area contributed by atoms with E-state index in [1.807, 2.05) is 48.5 Å². The number of aromatic nitrogens is 4. The van der Waals surface area contributed by atoms with Crippen molar-refractivity contribution in [3.05, 3.63) is 60.9 Å². The lowest BCUT2D eigenvalue weighted by Gasteiger charge is -2.00. The van der Waals surface area contributed by atoms with E-state index < -0.39 is 10.4 Å². The summed E-state index contributed by atoms with van der Waals surface area (Å²) in [5, 5.41) is 0. The van der Waals surface area contributed by atoms with Gasteiger partial charge in [0.25, 0.3) is 0 Å². The molecule has 0 fully saturated rings. The van der Waals surface area contributed by atoms with Gasteiger partial charge in [-0.15, -0.1) is 0 Å². The highest BCUT2D eigenvalue weighted by Gasteiger charge is 2.01. The van der Waals surface area contributed by atoms with Crippen LogP contribution in [-0.4, -0.2) is 51.7 Å². The van der Waals surface area contributed by atoms with Crippen LogP contribution < -0.4 is 20.9 Å². The molecule has 0 aliphatic carbocycles. The fraction of sp³-hybridized carbons (Fsp3) is 0.100. The number of benzene rings is 2. The Balaban J connectivity index is 0.000000195. The standard InChI is InChI=1S/2C10H11N3O.H2O4S/c2*1-14-8-4-2-7(3-5-8)9-6-12-10(11)13-9;1-5(2,3)4/h2*2-6H,1H3,(H3,11,12,13);(H2,1,2,3,4). The monoisotopic (exact) mass is 476 g/mol. The third-order valence-electron chi connectivity index (χ3n) is 3.99. The molecule has 0 aliphatic rings. The van der Waals surface area contributed by atoms with E-state index in [1.54, 1.807) is 26.6 Å². The van der Waals surface area contributed by atoms with Gasteiger partial charge in [-0.25, -0.2) is 9.97 Å². The van der Waals surface area contributed by atoms with Gasteiger partial charge in [0.05, 0.1) is 38.0 Å². The zero-order chi connectivity index (χ0) is 24.4. The number of anilines is 2. The number of aromatic amines is 2. The first-order valence-electron chi connectivity index (χ1n) is 9.18. The van der Waals surface area contributed by atoms with Gasteiger partial charge >= 0.3 is 10.4 Å². The Bertz CT molecular complexity index is 1150. The number of nitrogens with one attached hydrogen (secondary N) is 2. The van der Waals surface area contributed by atoms with Crippen molar-refractivity contribution in [2.45, 2.75) is 0 Å². The molecule has 0 saturated heterocycles. The van der Waals surface area contributed by atoms with Crippen LogP contribution in [0, 0.1) is 0 Å². The Morgan fingerprint density at radius 2 is 1.03 bits per heavy atom. The highest BCUT2D eigenvalue weighted by molar-refractivity contribution is 7.79. The zero-order valence-electron chi connectivity index (χ0n) is 17.8. The third-order valence-corrected chi connectivity index (χ3v) is 3.99. The molecule has 0 aliphatic heterocycles. The van der Waals surface area contributed by atoms with Crippen molar-refractivity contribution in [1.82, 2.24) is 19.9 Å². The highest BCUT2D eigenvalue weighted by atomic mass is 32.3. The summed E-state index contributed by atoms with van der Waals surface area (Å²) in [7, 11) is -1.38. The average molecular weight is 477 g/mol. The highest BCUT2D eigenvalue weighted by Crippen LogP contribution is 2.21. The number of methoxy groups -OCH3 is 2. The first kappa shape index (κ1) is 25.2. The van der Waals surface area contributed by atoms with Crippen LogP contribution >= 0.6 is 0 Å². The first-order valence-corrected chi connectivity index (χ1v) is 10.6. The summed E-state index contributed by atoms with van der Waals surface area (Å²) in [6.07, 6.45) is 3.41. The van der Waals surface area contributed by atoms with Crippen molar-refractivity contribution in [1.29, 1.82) is 0 Å². The van der Waals surface area contributed by atoms with E-state index in [9.17, 15) is 0 Å². The number of ether oxygens (including phenoxy) is 2. The fourth-order valence-electron chi connectivity index (χ4n) is 2.51.